The molecule has 0 fully saturated rings. The Morgan fingerprint density at radius 1 is 1.04 bits per heavy atom. The van der Waals surface area contributed by atoms with Crippen molar-refractivity contribution >= 4 is 20.9 Å². The molecule has 2 aromatic carbocycles. The molecule has 0 bridgehead atoms. The first-order valence-corrected chi connectivity index (χ1v) is 11.2. The third-order valence-corrected chi connectivity index (χ3v) is 6.23. The van der Waals surface area contributed by atoms with Gasteiger partial charge in [-0.1, -0.05) is 50.2 Å². The summed E-state index contributed by atoms with van der Waals surface area (Å²) in [6, 6.07) is 17.5. The number of aromatic nitrogens is 1. The number of hydrogen-bond acceptors (Lipinski definition) is 3. The van der Waals surface area contributed by atoms with Gasteiger partial charge in [-0.3, -0.25) is 4.79 Å². The summed E-state index contributed by atoms with van der Waals surface area (Å²) < 4.78 is 27.1. The van der Waals surface area contributed by atoms with Gasteiger partial charge in [-0.25, -0.2) is 13.1 Å². The zero-order valence-electron chi connectivity index (χ0n) is 16.2. The number of aryl methyl sites for hydroxylation is 1. The van der Waals surface area contributed by atoms with Crippen LogP contribution < -0.4 is 10.3 Å². The van der Waals surface area contributed by atoms with Crippen LogP contribution in [-0.4, -0.2) is 19.2 Å². The summed E-state index contributed by atoms with van der Waals surface area (Å²) in [6.07, 6.45) is 1.24. The molecule has 3 rings (SSSR count). The molecule has 5 nitrogen and oxygen atoms in total. The van der Waals surface area contributed by atoms with Crippen molar-refractivity contribution in [2.24, 2.45) is 0 Å². The molecule has 0 unspecified atom stereocenters. The number of H-pyrrole nitrogens is 1. The molecule has 3 aromatic rings. The summed E-state index contributed by atoms with van der Waals surface area (Å²) in [5, 5.41) is 0.907. The fourth-order valence-electron chi connectivity index (χ4n) is 3.13. The Labute approximate surface area is 165 Å². The normalized spacial score (nSPS) is 12.0. The third kappa shape index (κ3) is 5.30. The average Bonchev–Trinajstić information content (AvgIpc) is 2.66. The maximum Gasteiger partial charge on any atom is 0.252 e. The minimum atomic E-state index is -3.44. The van der Waals surface area contributed by atoms with Gasteiger partial charge in [0, 0.05) is 17.6 Å². The van der Waals surface area contributed by atoms with Gasteiger partial charge >= 0.3 is 0 Å². The Kier molecular flexibility index (Phi) is 6.31. The quantitative estimate of drug-likeness (QED) is 0.607. The molecule has 0 spiro atoms. The Morgan fingerprint density at radius 3 is 2.50 bits per heavy atom. The van der Waals surface area contributed by atoms with Crippen LogP contribution in [-0.2, 0) is 23.0 Å². The van der Waals surface area contributed by atoms with Gasteiger partial charge in [0.25, 0.3) is 5.56 Å². The fraction of sp³-hybridized carbons (Fsp3) is 0.318. The lowest BCUT2D eigenvalue weighted by molar-refractivity contribution is 0.578. The van der Waals surface area contributed by atoms with E-state index < -0.39 is 10.0 Å². The monoisotopic (exact) mass is 398 g/mol. The van der Waals surface area contributed by atoms with Crippen LogP contribution in [0.2, 0.25) is 0 Å². The molecule has 0 radical (unpaired) electrons. The van der Waals surface area contributed by atoms with Crippen LogP contribution in [0.4, 0.5) is 0 Å². The van der Waals surface area contributed by atoms with E-state index in [4.69, 9.17) is 0 Å². The molecule has 1 heterocycles. The molecule has 1 aromatic heterocycles. The second kappa shape index (κ2) is 8.71. The standard InChI is InChI=1S/C22H26N2O3S/c1-16(2)18-10-11-21-19(13-18)14-20(22(25)24-21)15-23-28(26,27)12-6-9-17-7-4-3-5-8-17/h3-5,7-8,10-11,13-14,16,23H,6,9,12,15H2,1-2H3,(H,24,25). The number of pyridine rings is 1. The van der Waals surface area contributed by atoms with E-state index in [1.54, 1.807) is 6.07 Å². The summed E-state index contributed by atoms with van der Waals surface area (Å²) in [4.78, 5) is 15.1. The van der Waals surface area contributed by atoms with Crippen LogP contribution in [0.1, 0.15) is 42.9 Å². The van der Waals surface area contributed by atoms with Crippen LogP contribution >= 0.6 is 0 Å². The van der Waals surface area contributed by atoms with E-state index in [2.05, 4.69) is 23.6 Å². The minimum Gasteiger partial charge on any atom is -0.322 e. The molecule has 148 valence electrons. The van der Waals surface area contributed by atoms with E-state index in [-0.39, 0.29) is 17.9 Å². The first-order chi connectivity index (χ1) is 13.3. The Hall–Kier alpha value is -2.44. The van der Waals surface area contributed by atoms with Crippen molar-refractivity contribution in [2.45, 2.75) is 39.2 Å². The molecule has 0 saturated heterocycles. The maximum atomic E-state index is 12.3. The Morgan fingerprint density at radius 2 is 1.79 bits per heavy atom. The highest BCUT2D eigenvalue weighted by Crippen LogP contribution is 2.20. The second-order valence-corrected chi connectivity index (χ2v) is 9.28. The van der Waals surface area contributed by atoms with Crippen molar-refractivity contribution in [1.82, 2.24) is 9.71 Å². The van der Waals surface area contributed by atoms with Crippen molar-refractivity contribution < 1.29 is 8.42 Å². The van der Waals surface area contributed by atoms with Crippen LogP contribution in [0.3, 0.4) is 0 Å². The van der Waals surface area contributed by atoms with E-state index in [0.717, 1.165) is 16.5 Å². The molecule has 0 aliphatic heterocycles. The number of fused-ring (bicyclic) bond motifs is 1. The van der Waals surface area contributed by atoms with Crippen LogP contribution in [0.25, 0.3) is 10.9 Å². The van der Waals surface area contributed by atoms with Crippen LogP contribution in [0, 0.1) is 0 Å². The number of aromatic amines is 1. The van der Waals surface area contributed by atoms with Crippen molar-refractivity contribution in [3.8, 4) is 0 Å². The first-order valence-electron chi connectivity index (χ1n) is 9.51. The zero-order chi connectivity index (χ0) is 20.1. The van der Waals surface area contributed by atoms with E-state index in [0.29, 0.717) is 24.3 Å². The molecule has 0 aliphatic carbocycles. The molecule has 28 heavy (non-hydrogen) atoms. The van der Waals surface area contributed by atoms with Crippen LogP contribution in [0.15, 0.2) is 59.4 Å². The van der Waals surface area contributed by atoms with Crippen molar-refractivity contribution in [1.29, 1.82) is 0 Å². The van der Waals surface area contributed by atoms with Gasteiger partial charge in [-0.15, -0.1) is 0 Å². The molecule has 0 saturated carbocycles. The average molecular weight is 399 g/mol. The van der Waals surface area contributed by atoms with E-state index >= 15 is 0 Å². The predicted octanol–water partition coefficient (Wildman–Crippen LogP) is 3.70. The van der Waals surface area contributed by atoms with E-state index in [9.17, 15) is 13.2 Å². The molecule has 6 heteroatoms. The van der Waals surface area contributed by atoms with Crippen molar-refractivity contribution in [3.63, 3.8) is 0 Å². The maximum absolute atomic E-state index is 12.3. The largest absolute Gasteiger partial charge is 0.322 e. The van der Waals surface area contributed by atoms with Gasteiger partial charge in [-0.05, 0) is 53.5 Å². The minimum absolute atomic E-state index is 0.00908. The predicted molar refractivity (Wildman–Crippen MR) is 114 cm³/mol. The lowest BCUT2D eigenvalue weighted by Crippen LogP contribution is -2.29. The van der Waals surface area contributed by atoms with Gasteiger partial charge in [-0.2, -0.15) is 0 Å². The zero-order valence-corrected chi connectivity index (χ0v) is 17.1. The molecular weight excluding hydrogens is 372 g/mol. The van der Waals surface area contributed by atoms with Crippen LogP contribution in [0.5, 0.6) is 0 Å². The topological polar surface area (TPSA) is 79.0 Å². The molecule has 0 amide bonds. The van der Waals surface area contributed by atoms with E-state index in [1.807, 2.05) is 48.5 Å². The fourth-order valence-corrected chi connectivity index (χ4v) is 4.18. The number of sulfonamides is 1. The SMILES string of the molecule is CC(C)c1ccc2[nH]c(=O)c(CNS(=O)(=O)CCCc3ccccc3)cc2c1. The second-order valence-electron chi connectivity index (χ2n) is 7.35. The molecule has 2 N–H and O–H groups in total. The third-order valence-electron chi connectivity index (χ3n) is 4.82. The number of rotatable bonds is 8. The summed E-state index contributed by atoms with van der Waals surface area (Å²) in [6.45, 7) is 4.21. The van der Waals surface area contributed by atoms with Gasteiger partial charge in [0.15, 0.2) is 0 Å². The van der Waals surface area contributed by atoms with Gasteiger partial charge in [0.2, 0.25) is 10.0 Å². The Balaban J connectivity index is 1.66. The number of hydrogen-bond donors (Lipinski definition) is 2. The smallest absolute Gasteiger partial charge is 0.252 e. The van der Waals surface area contributed by atoms with E-state index in [1.165, 1.54) is 5.56 Å². The molecule has 0 atom stereocenters. The van der Waals surface area contributed by atoms with Gasteiger partial charge in [0.05, 0.1) is 5.75 Å². The highest BCUT2D eigenvalue weighted by Gasteiger charge is 2.12. The molecule has 0 aliphatic rings. The first kappa shape index (κ1) is 20.3. The highest BCUT2D eigenvalue weighted by atomic mass is 32.2. The lowest BCUT2D eigenvalue weighted by atomic mass is 10.0. The highest BCUT2D eigenvalue weighted by molar-refractivity contribution is 7.89. The van der Waals surface area contributed by atoms with Crippen molar-refractivity contribution in [3.05, 3.63) is 81.6 Å². The summed E-state index contributed by atoms with van der Waals surface area (Å²) in [5.41, 5.74) is 3.19. The van der Waals surface area contributed by atoms with Gasteiger partial charge < -0.3 is 4.98 Å². The molecular formula is C22H26N2O3S. The Bertz CT molecular complexity index is 1100. The number of benzene rings is 2. The number of nitrogens with one attached hydrogen (secondary N) is 2. The van der Waals surface area contributed by atoms with Gasteiger partial charge in [0.1, 0.15) is 0 Å². The summed E-state index contributed by atoms with van der Waals surface area (Å²) >= 11 is 0. The van der Waals surface area contributed by atoms with Crippen molar-refractivity contribution in [2.75, 3.05) is 5.75 Å². The lowest BCUT2D eigenvalue weighted by Gasteiger charge is -2.09. The summed E-state index contributed by atoms with van der Waals surface area (Å²) in [5.74, 6) is 0.410. The summed E-state index contributed by atoms with van der Waals surface area (Å²) in [7, 11) is -3.44.